The average Bonchev–Trinajstić information content (AvgIpc) is 2.71. The number of anilines is 1. The first-order valence-corrected chi connectivity index (χ1v) is 9.53. The Labute approximate surface area is 156 Å². The molecule has 2 aromatic rings. The second kappa shape index (κ2) is 9.97. The Morgan fingerprint density at radius 1 is 0.923 bits per heavy atom. The van der Waals surface area contributed by atoms with Gasteiger partial charge in [0, 0.05) is 31.7 Å². The fourth-order valence-electron chi connectivity index (χ4n) is 3.21. The van der Waals surface area contributed by atoms with Crippen molar-refractivity contribution < 1.29 is 9.53 Å². The molecule has 0 spiro atoms. The summed E-state index contributed by atoms with van der Waals surface area (Å²) in [5.41, 5.74) is 3.77. The van der Waals surface area contributed by atoms with Crippen molar-refractivity contribution in [3.05, 3.63) is 65.7 Å². The number of hydrogen-bond acceptors (Lipinski definition) is 3. The minimum absolute atomic E-state index is 0.135. The van der Waals surface area contributed by atoms with Gasteiger partial charge in [-0.2, -0.15) is 0 Å². The van der Waals surface area contributed by atoms with Gasteiger partial charge in [-0.3, -0.25) is 4.79 Å². The van der Waals surface area contributed by atoms with E-state index in [1.165, 1.54) is 16.8 Å². The van der Waals surface area contributed by atoms with Crippen molar-refractivity contribution in [3.63, 3.8) is 0 Å². The van der Waals surface area contributed by atoms with E-state index in [0.29, 0.717) is 6.42 Å². The number of nitrogens with one attached hydrogen (secondary N) is 1. The van der Waals surface area contributed by atoms with E-state index < -0.39 is 0 Å². The third kappa shape index (κ3) is 5.88. The van der Waals surface area contributed by atoms with Crippen LogP contribution in [0.5, 0.6) is 0 Å². The van der Waals surface area contributed by atoms with Crippen molar-refractivity contribution in [1.29, 1.82) is 0 Å². The van der Waals surface area contributed by atoms with Crippen LogP contribution in [0.3, 0.4) is 0 Å². The molecule has 0 aromatic heterocycles. The Balaban J connectivity index is 1.33. The van der Waals surface area contributed by atoms with Crippen molar-refractivity contribution >= 4 is 11.6 Å². The van der Waals surface area contributed by atoms with Crippen molar-refractivity contribution in [2.45, 2.75) is 25.7 Å². The maximum Gasteiger partial charge on any atom is 0.220 e. The zero-order valence-corrected chi connectivity index (χ0v) is 15.3. The lowest BCUT2D eigenvalue weighted by Gasteiger charge is -2.28. The molecule has 26 heavy (non-hydrogen) atoms. The second-order valence-electron chi connectivity index (χ2n) is 6.70. The largest absolute Gasteiger partial charge is 0.378 e. The summed E-state index contributed by atoms with van der Waals surface area (Å²) < 4.78 is 5.39. The normalized spacial score (nSPS) is 14.2. The van der Waals surface area contributed by atoms with Gasteiger partial charge < -0.3 is 15.0 Å². The molecule has 3 rings (SSSR count). The number of aryl methyl sites for hydroxylation is 2. The van der Waals surface area contributed by atoms with Crippen molar-refractivity contribution in [1.82, 2.24) is 5.32 Å². The van der Waals surface area contributed by atoms with Crippen LogP contribution in [0.2, 0.25) is 0 Å². The number of carbonyl (C=O) groups is 1. The third-order valence-electron chi connectivity index (χ3n) is 4.76. The lowest BCUT2D eigenvalue weighted by Crippen LogP contribution is -2.36. The van der Waals surface area contributed by atoms with Gasteiger partial charge in [-0.05, 0) is 42.5 Å². The lowest BCUT2D eigenvalue weighted by molar-refractivity contribution is -0.121. The van der Waals surface area contributed by atoms with Crippen LogP contribution >= 0.6 is 0 Å². The van der Waals surface area contributed by atoms with E-state index in [-0.39, 0.29) is 5.91 Å². The summed E-state index contributed by atoms with van der Waals surface area (Å²) in [5, 5.41) is 3.03. The van der Waals surface area contributed by atoms with E-state index in [9.17, 15) is 4.79 Å². The number of carbonyl (C=O) groups excluding carboxylic acids is 1. The van der Waals surface area contributed by atoms with Gasteiger partial charge in [0.15, 0.2) is 0 Å². The Bertz CT molecular complexity index is 664. The summed E-state index contributed by atoms with van der Waals surface area (Å²) in [4.78, 5) is 14.3. The number of rotatable bonds is 8. The molecule has 0 atom stereocenters. The summed E-state index contributed by atoms with van der Waals surface area (Å²) in [7, 11) is 0. The number of nitrogens with zero attached hydrogens (tertiary/aromatic N) is 1. The van der Waals surface area contributed by atoms with Gasteiger partial charge in [-0.25, -0.2) is 0 Å². The number of benzene rings is 2. The molecule has 1 saturated heterocycles. The Morgan fingerprint density at radius 3 is 2.35 bits per heavy atom. The molecule has 1 N–H and O–H groups in total. The molecule has 0 radical (unpaired) electrons. The Hall–Kier alpha value is -2.33. The average molecular weight is 352 g/mol. The van der Waals surface area contributed by atoms with Gasteiger partial charge in [-0.15, -0.1) is 0 Å². The maximum atomic E-state index is 12.0. The van der Waals surface area contributed by atoms with E-state index in [4.69, 9.17) is 4.74 Å². The fourth-order valence-corrected chi connectivity index (χ4v) is 3.21. The highest BCUT2D eigenvalue weighted by Crippen LogP contribution is 2.17. The molecule has 0 unspecified atom stereocenters. The van der Waals surface area contributed by atoms with Crippen molar-refractivity contribution in [2.24, 2.45) is 0 Å². The predicted octanol–water partition coefficient (Wildman–Crippen LogP) is 3.20. The van der Waals surface area contributed by atoms with Crippen LogP contribution in [0.1, 0.15) is 24.0 Å². The molecule has 1 aliphatic heterocycles. The second-order valence-corrected chi connectivity index (χ2v) is 6.70. The first-order valence-electron chi connectivity index (χ1n) is 9.53. The number of ether oxygens (including phenoxy) is 1. The van der Waals surface area contributed by atoms with E-state index >= 15 is 0 Å². The Morgan fingerprint density at radius 2 is 1.62 bits per heavy atom. The molecule has 1 aliphatic rings. The van der Waals surface area contributed by atoms with E-state index in [1.54, 1.807) is 0 Å². The standard InChI is InChI=1S/C22H28N2O2/c25-22(23-14-4-7-19-5-2-1-3-6-19)13-10-20-8-11-21(12-9-20)24-15-17-26-18-16-24/h1-3,5-6,8-9,11-12H,4,7,10,13-18H2,(H,23,25). The number of morpholine rings is 1. The van der Waals surface area contributed by atoms with Gasteiger partial charge in [0.1, 0.15) is 0 Å². The number of amides is 1. The third-order valence-corrected chi connectivity index (χ3v) is 4.76. The zero-order valence-electron chi connectivity index (χ0n) is 15.3. The molecule has 1 amide bonds. The van der Waals surface area contributed by atoms with Crippen LogP contribution in [0.15, 0.2) is 54.6 Å². The summed E-state index contributed by atoms with van der Waals surface area (Å²) >= 11 is 0. The van der Waals surface area contributed by atoms with E-state index in [1.807, 2.05) is 6.07 Å². The van der Waals surface area contributed by atoms with E-state index in [0.717, 1.165) is 52.1 Å². The molecule has 0 saturated carbocycles. The topological polar surface area (TPSA) is 41.6 Å². The smallest absolute Gasteiger partial charge is 0.220 e. The summed E-state index contributed by atoms with van der Waals surface area (Å²) in [6, 6.07) is 19.0. The Kier molecular flexibility index (Phi) is 7.08. The zero-order chi connectivity index (χ0) is 18.0. The maximum absolute atomic E-state index is 12.0. The molecule has 4 nitrogen and oxygen atoms in total. The first kappa shape index (κ1) is 18.5. The van der Waals surface area contributed by atoms with Crippen LogP contribution in [-0.2, 0) is 22.4 Å². The first-order chi connectivity index (χ1) is 12.8. The van der Waals surface area contributed by atoms with Crippen LogP contribution in [0.25, 0.3) is 0 Å². The fraction of sp³-hybridized carbons (Fsp3) is 0.409. The molecular formula is C22H28N2O2. The molecular weight excluding hydrogens is 324 g/mol. The molecule has 0 aliphatic carbocycles. The summed E-state index contributed by atoms with van der Waals surface area (Å²) in [6.07, 6.45) is 3.31. The molecule has 0 bridgehead atoms. The highest BCUT2D eigenvalue weighted by atomic mass is 16.5. The highest BCUT2D eigenvalue weighted by molar-refractivity contribution is 5.76. The van der Waals surface area contributed by atoms with Crippen molar-refractivity contribution in [3.8, 4) is 0 Å². The SMILES string of the molecule is O=C(CCc1ccc(N2CCOCC2)cc1)NCCCc1ccccc1. The van der Waals surface area contributed by atoms with Crippen LogP contribution in [0, 0.1) is 0 Å². The molecule has 1 heterocycles. The molecule has 4 heteroatoms. The minimum atomic E-state index is 0.135. The van der Waals surface area contributed by atoms with Gasteiger partial charge >= 0.3 is 0 Å². The van der Waals surface area contributed by atoms with Crippen LogP contribution in [-0.4, -0.2) is 38.8 Å². The monoisotopic (exact) mass is 352 g/mol. The number of hydrogen-bond donors (Lipinski definition) is 1. The quantitative estimate of drug-likeness (QED) is 0.742. The van der Waals surface area contributed by atoms with Crippen LogP contribution < -0.4 is 10.2 Å². The molecule has 1 fully saturated rings. The van der Waals surface area contributed by atoms with Gasteiger partial charge in [0.05, 0.1) is 13.2 Å². The molecule has 2 aromatic carbocycles. The van der Waals surface area contributed by atoms with Gasteiger partial charge in [0.25, 0.3) is 0 Å². The summed E-state index contributed by atoms with van der Waals surface area (Å²) in [5.74, 6) is 0.135. The minimum Gasteiger partial charge on any atom is -0.378 e. The highest BCUT2D eigenvalue weighted by Gasteiger charge is 2.11. The van der Waals surface area contributed by atoms with Gasteiger partial charge in [-0.1, -0.05) is 42.5 Å². The lowest BCUT2D eigenvalue weighted by atomic mass is 10.1. The summed E-state index contributed by atoms with van der Waals surface area (Å²) in [6.45, 7) is 4.23. The van der Waals surface area contributed by atoms with Crippen molar-refractivity contribution in [2.75, 3.05) is 37.7 Å². The van der Waals surface area contributed by atoms with Crippen LogP contribution in [0.4, 0.5) is 5.69 Å². The predicted molar refractivity (Wildman–Crippen MR) is 106 cm³/mol. The van der Waals surface area contributed by atoms with E-state index in [2.05, 4.69) is 58.7 Å². The molecule has 138 valence electrons. The van der Waals surface area contributed by atoms with Gasteiger partial charge in [0.2, 0.25) is 5.91 Å².